The number of phenols is 1. The number of aromatic hydroxyl groups is 1. The minimum atomic E-state index is -0.456. The molecule has 2 aromatic carbocycles. The lowest BCUT2D eigenvalue weighted by atomic mass is 10.1. The summed E-state index contributed by atoms with van der Waals surface area (Å²) in [5.41, 5.74) is 1.69. The summed E-state index contributed by atoms with van der Waals surface area (Å²) >= 11 is 13.4. The summed E-state index contributed by atoms with van der Waals surface area (Å²) in [7, 11) is 1.56. The molecule has 0 aliphatic heterocycles. The first-order valence-electron chi connectivity index (χ1n) is 7.94. The van der Waals surface area contributed by atoms with Crippen molar-refractivity contribution in [3.63, 3.8) is 0 Å². The number of amides is 1. The Hall–Kier alpha value is -1.10. The van der Waals surface area contributed by atoms with Gasteiger partial charge in [0.2, 0.25) is 0 Å². The number of phenolic OH excluding ortho intramolecular Hbond substituents is 1. The number of methoxy groups -OCH3 is 1. The number of nitrogens with zero attached hydrogens (tertiary/aromatic N) is 1. The molecular formula is C18H16Br4N2O4. The summed E-state index contributed by atoms with van der Waals surface area (Å²) in [6, 6.07) is 7.15. The molecular weight excluding hydrogens is 628 g/mol. The number of oxime groups is 1. The second-order valence-corrected chi connectivity index (χ2v) is 9.15. The normalized spacial score (nSPS) is 11.4. The van der Waals surface area contributed by atoms with Crippen molar-refractivity contribution >= 4 is 75.3 Å². The zero-order valence-corrected chi connectivity index (χ0v) is 20.9. The number of halogens is 4. The molecule has 0 spiro atoms. The number of hydrogen-bond acceptors (Lipinski definition) is 5. The number of carbonyl (C=O) groups excluding carboxylic acids is 1. The summed E-state index contributed by atoms with van der Waals surface area (Å²) < 4.78 is 7.83. The third kappa shape index (κ3) is 5.95. The van der Waals surface area contributed by atoms with Crippen LogP contribution in [0, 0.1) is 0 Å². The van der Waals surface area contributed by atoms with Gasteiger partial charge in [-0.1, -0.05) is 5.16 Å². The molecule has 0 radical (unpaired) electrons. The molecule has 0 atom stereocenters. The largest absolute Gasteiger partial charge is 0.506 e. The van der Waals surface area contributed by atoms with E-state index in [4.69, 9.17) is 4.74 Å². The van der Waals surface area contributed by atoms with Gasteiger partial charge in [0.15, 0.2) is 0 Å². The monoisotopic (exact) mass is 640 g/mol. The summed E-state index contributed by atoms with van der Waals surface area (Å²) in [6.07, 6.45) is 0.696. The van der Waals surface area contributed by atoms with Gasteiger partial charge in [0, 0.05) is 13.0 Å². The molecule has 1 amide bonds. The third-order valence-corrected chi connectivity index (χ3v) is 6.18. The minimum absolute atomic E-state index is 0.00275. The lowest BCUT2D eigenvalue weighted by molar-refractivity contribution is -0.115. The molecule has 0 heterocycles. The average Bonchev–Trinajstić information content (AvgIpc) is 2.63. The highest BCUT2D eigenvalue weighted by atomic mass is 79.9. The van der Waals surface area contributed by atoms with Crippen molar-refractivity contribution in [2.75, 3.05) is 13.7 Å². The van der Waals surface area contributed by atoms with Crippen molar-refractivity contribution in [2.45, 2.75) is 12.8 Å². The highest BCUT2D eigenvalue weighted by molar-refractivity contribution is 9.11. The van der Waals surface area contributed by atoms with Crippen molar-refractivity contribution in [1.29, 1.82) is 0 Å². The molecule has 6 nitrogen and oxygen atoms in total. The quantitative estimate of drug-likeness (QED) is 0.220. The van der Waals surface area contributed by atoms with E-state index in [2.05, 4.69) is 74.2 Å². The van der Waals surface area contributed by atoms with E-state index in [1.165, 1.54) is 0 Å². The lowest BCUT2D eigenvalue weighted by Gasteiger charge is -2.11. The van der Waals surface area contributed by atoms with Gasteiger partial charge >= 0.3 is 0 Å². The average molecular weight is 644 g/mol. The standard InChI is InChI=1S/C18H16Br4N2O4/c1-28-17-13(21)6-10(7-14(17)22)8-15(24-27)18(26)23-3-2-9-4-11(19)16(25)12(20)5-9/h4-7,25,27H,2-3,8H2,1H3,(H,23,26). The first-order chi connectivity index (χ1) is 13.3. The molecule has 10 heteroatoms. The van der Waals surface area contributed by atoms with Gasteiger partial charge in [-0.05, 0) is 106 Å². The molecule has 28 heavy (non-hydrogen) atoms. The zero-order valence-electron chi connectivity index (χ0n) is 14.6. The number of ether oxygens (including phenoxy) is 1. The van der Waals surface area contributed by atoms with E-state index in [-0.39, 0.29) is 17.9 Å². The van der Waals surface area contributed by atoms with Crippen LogP contribution in [0.1, 0.15) is 11.1 Å². The van der Waals surface area contributed by atoms with E-state index >= 15 is 0 Å². The Morgan fingerprint density at radius 3 is 2.07 bits per heavy atom. The van der Waals surface area contributed by atoms with E-state index in [1.54, 1.807) is 31.4 Å². The maximum Gasteiger partial charge on any atom is 0.269 e. The Morgan fingerprint density at radius 2 is 1.57 bits per heavy atom. The second-order valence-electron chi connectivity index (χ2n) is 5.73. The van der Waals surface area contributed by atoms with Gasteiger partial charge in [0.05, 0.1) is 25.0 Å². The van der Waals surface area contributed by atoms with Crippen molar-refractivity contribution in [2.24, 2.45) is 5.16 Å². The van der Waals surface area contributed by atoms with Crippen LogP contribution in [0.15, 0.2) is 47.3 Å². The third-order valence-electron chi connectivity index (χ3n) is 3.79. The Labute approximate surface area is 195 Å². The van der Waals surface area contributed by atoms with Crippen LogP contribution in [-0.4, -0.2) is 35.6 Å². The maximum absolute atomic E-state index is 12.3. The summed E-state index contributed by atoms with van der Waals surface area (Å²) in [5.74, 6) is 0.309. The van der Waals surface area contributed by atoms with Crippen LogP contribution in [-0.2, 0) is 17.6 Å². The fourth-order valence-corrected chi connectivity index (χ4v) is 5.33. The van der Waals surface area contributed by atoms with Crippen molar-refractivity contribution in [3.05, 3.63) is 53.3 Å². The molecule has 0 aliphatic carbocycles. The smallest absolute Gasteiger partial charge is 0.269 e. The van der Waals surface area contributed by atoms with Crippen LogP contribution in [0.3, 0.4) is 0 Å². The summed E-state index contributed by atoms with van der Waals surface area (Å²) in [6.45, 7) is 0.345. The first kappa shape index (κ1) is 23.2. The molecule has 3 N–H and O–H groups in total. The van der Waals surface area contributed by atoms with Crippen molar-refractivity contribution < 1.29 is 19.8 Å². The Morgan fingerprint density at radius 1 is 1.04 bits per heavy atom. The van der Waals surface area contributed by atoms with Crippen LogP contribution in [0.25, 0.3) is 0 Å². The van der Waals surface area contributed by atoms with Gasteiger partial charge in [0.1, 0.15) is 17.2 Å². The number of hydrogen-bond donors (Lipinski definition) is 3. The van der Waals surface area contributed by atoms with E-state index in [9.17, 15) is 15.1 Å². The zero-order chi connectivity index (χ0) is 20.8. The Balaban J connectivity index is 1.99. The van der Waals surface area contributed by atoms with Gasteiger partial charge in [0.25, 0.3) is 5.91 Å². The van der Waals surface area contributed by atoms with Crippen molar-refractivity contribution in [1.82, 2.24) is 5.32 Å². The van der Waals surface area contributed by atoms with Gasteiger partial charge in [-0.2, -0.15) is 0 Å². The first-order valence-corrected chi connectivity index (χ1v) is 11.1. The highest BCUT2D eigenvalue weighted by Crippen LogP contribution is 2.35. The Kier molecular flexibility index (Phi) is 8.79. The molecule has 150 valence electrons. The van der Waals surface area contributed by atoms with E-state index in [0.29, 0.717) is 27.7 Å². The lowest BCUT2D eigenvalue weighted by Crippen LogP contribution is -2.33. The fourth-order valence-electron chi connectivity index (χ4n) is 2.45. The van der Waals surface area contributed by atoms with Crippen LogP contribution < -0.4 is 10.1 Å². The number of rotatable bonds is 7. The molecule has 2 rings (SSSR count). The van der Waals surface area contributed by atoms with Gasteiger partial charge in [-0.25, -0.2) is 0 Å². The predicted molar refractivity (Wildman–Crippen MR) is 122 cm³/mol. The van der Waals surface area contributed by atoms with E-state index < -0.39 is 5.91 Å². The molecule has 2 aromatic rings. The van der Waals surface area contributed by atoms with E-state index in [0.717, 1.165) is 20.1 Å². The molecule has 0 unspecified atom stereocenters. The van der Waals surface area contributed by atoms with Gasteiger partial charge < -0.3 is 20.4 Å². The van der Waals surface area contributed by atoms with Gasteiger partial charge in [-0.3, -0.25) is 4.79 Å². The van der Waals surface area contributed by atoms with E-state index in [1.807, 2.05) is 0 Å². The number of carbonyl (C=O) groups is 1. The summed E-state index contributed by atoms with van der Waals surface area (Å²) in [5, 5.41) is 24.9. The summed E-state index contributed by atoms with van der Waals surface area (Å²) in [4.78, 5) is 12.3. The Bertz CT molecular complexity index is 872. The number of nitrogens with one attached hydrogen (secondary N) is 1. The molecule has 0 bridgehead atoms. The van der Waals surface area contributed by atoms with Crippen LogP contribution in [0.4, 0.5) is 0 Å². The van der Waals surface area contributed by atoms with Crippen LogP contribution in [0.2, 0.25) is 0 Å². The van der Waals surface area contributed by atoms with Crippen LogP contribution >= 0.6 is 63.7 Å². The minimum Gasteiger partial charge on any atom is -0.506 e. The molecule has 0 aliphatic rings. The molecule has 0 saturated carbocycles. The van der Waals surface area contributed by atoms with Crippen LogP contribution in [0.5, 0.6) is 11.5 Å². The second kappa shape index (κ2) is 10.6. The highest BCUT2D eigenvalue weighted by Gasteiger charge is 2.16. The molecule has 0 fully saturated rings. The molecule has 0 saturated heterocycles. The topological polar surface area (TPSA) is 91.2 Å². The number of benzene rings is 2. The SMILES string of the molecule is COc1c(Br)cc(CC(=NO)C(=O)NCCc2cc(Br)c(O)c(Br)c2)cc1Br. The molecule has 0 aromatic heterocycles. The fraction of sp³-hybridized carbons (Fsp3) is 0.222. The van der Waals surface area contributed by atoms with Crippen molar-refractivity contribution in [3.8, 4) is 11.5 Å². The van der Waals surface area contributed by atoms with Gasteiger partial charge in [-0.15, -0.1) is 0 Å². The maximum atomic E-state index is 12.3. The predicted octanol–water partition coefficient (Wildman–Crippen LogP) is 5.18.